The van der Waals surface area contributed by atoms with Crippen LogP contribution < -0.4 is 10.5 Å². The molecule has 78 valence electrons. The molecule has 0 heterocycles. The molecule has 2 N–H and O–H groups in total. The molecule has 1 rings (SSSR count). The third-order valence-electron chi connectivity index (χ3n) is 2.11. The molecule has 0 unspecified atom stereocenters. The van der Waals surface area contributed by atoms with Crippen LogP contribution in [0.25, 0.3) is 0 Å². The van der Waals surface area contributed by atoms with Gasteiger partial charge in [0, 0.05) is 6.04 Å². The van der Waals surface area contributed by atoms with Crippen molar-refractivity contribution < 1.29 is 9.13 Å². The first-order chi connectivity index (χ1) is 6.63. The van der Waals surface area contributed by atoms with Crippen LogP contribution in [0.5, 0.6) is 5.75 Å². The number of halogens is 1. The Kier molecular flexibility index (Phi) is 3.89. The zero-order valence-corrected chi connectivity index (χ0v) is 8.59. The molecule has 0 radical (unpaired) electrons. The molecule has 3 heteroatoms. The molecule has 0 aliphatic heterocycles. The predicted octanol–water partition coefficient (Wildman–Crippen LogP) is 2.11. The first kappa shape index (κ1) is 11.0. The van der Waals surface area contributed by atoms with Crippen molar-refractivity contribution in [3.05, 3.63) is 29.6 Å². The Hall–Kier alpha value is -1.09. The number of hydrogen-bond acceptors (Lipinski definition) is 2. The van der Waals surface area contributed by atoms with Gasteiger partial charge in [0.05, 0.1) is 7.11 Å². The Morgan fingerprint density at radius 2 is 2.21 bits per heavy atom. The largest absolute Gasteiger partial charge is 0.496 e. The van der Waals surface area contributed by atoms with Crippen LogP contribution in [0, 0.1) is 5.82 Å². The van der Waals surface area contributed by atoms with E-state index in [1.54, 1.807) is 13.2 Å². The molecule has 0 saturated carbocycles. The van der Waals surface area contributed by atoms with Gasteiger partial charge in [0.1, 0.15) is 11.6 Å². The predicted molar refractivity (Wildman–Crippen MR) is 54.9 cm³/mol. The zero-order valence-electron chi connectivity index (χ0n) is 8.59. The summed E-state index contributed by atoms with van der Waals surface area (Å²) in [6.45, 7) is 1.94. The third-order valence-corrected chi connectivity index (χ3v) is 2.11. The number of ether oxygens (including phenoxy) is 1. The van der Waals surface area contributed by atoms with Gasteiger partial charge in [0.2, 0.25) is 0 Å². The normalized spacial score (nSPS) is 12.6. The van der Waals surface area contributed by atoms with Gasteiger partial charge >= 0.3 is 0 Å². The number of aryl methyl sites for hydroxylation is 1. The second-order valence-corrected chi connectivity index (χ2v) is 3.47. The minimum absolute atomic E-state index is 0.128. The third kappa shape index (κ3) is 3.00. The number of rotatable bonds is 4. The van der Waals surface area contributed by atoms with E-state index in [0.29, 0.717) is 0 Å². The lowest BCUT2D eigenvalue weighted by atomic mass is 10.1. The Morgan fingerprint density at radius 1 is 1.50 bits per heavy atom. The van der Waals surface area contributed by atoms with Crippen LogP contribution in [-0.4, -0.2) is 13.2 Å². The lowest BCUT2D eigenvalue weighted by Gasteiger charge is -2.09. The SMILES string of the molecule is COc1ccc(F)cc1CC[C@H](C)N. The Balaban J connectivity index is 2.77. The summed E-state index contributed by atoms with van der Waals surface area (Å²) in [4.78, 5) is 0. The summed E-state index contributed by atoms with van der Waals surface area (Å²) in [5, 5.41) is 0. The standard InChI is InChI=1S/C11H16FNO/c1-8(13)3-4-9-7-10(12)5-6-11(9)14-2/h5-8H,3-4,13H2,1-2H3/t8-/m0/s1. The lowest BCUT2D eigenvalue weighted by molar-refractivity contribution is 0.407. The number of benzene rings is 1. The molecule has 1 atom stereocenters. The first-order valence-electron chi connectivity index (χ1n) is 4.71. The van der Waals surface area contributed by atoms with Crippen molar-refractivity contribution in [2.24, 2.45) is 5.73 Å². The van der Waals surface area contributed by atoms with E-state index in [2.05, 4.69) is 0 Å². The quantitative estimate of drug-likeness (QED) is 0.802. The molecule has 0 aliphatic carbocycles. The second kappa shape index (κ2) is 4.96. The molecule has 0 fully saturated rings. The van der Waals surface area contributed by atoms with E-state index in [0.717, 1.165) is 24.2 Å². The Morgan fingerprint density at radius 3 is 2.79 bits per heavy atom. The van der Waals surface area contributed by atoms with E-state index in [1.807, 2.05) is 6.92 Å². The van der Waals surface area contributed by atoms with Gasteiger partial charge in [-0.3, -0.25) is 0 Å². The van der Waals surface area contributed by atoms with Crippen molar-refractivity contribution >= 4 is 0 Å². The summed E-state index contributed by atoms with van der Waals surface area (Å²) in [7, 11) is 1.59. The molecule has 1 aromatic carbocycles. The fourth-order valence-electron chi connectivity index (χ4n) is 1.33. The van der Waals surface area contributed by atoms with Gasteiger partial charge in [-0.25, -0.2) is 4.39 Å². The maximum atomic E-state index is 12.9. The fourth-order valence-corrected chi connectivity index (χ4v) is 1.33. The van der Waals surface area contributed by atoms with Crippen LogP contribution in [0.1, 0.15) is 18.9 Å². The van der Waals surface area contributed by atoms with E-state index >= 15 is 0 Å². The van der Waals surface area contributed by atoms with Gasteiger partial charge < -0.3 is 10.5 Å². The maximum absolute atomic E-state index is 12.9. The highest BCUT2D eigenvalue weighted by Gasteiger charge is 2.05. The van der Waals surface area contributed by atoms with Gasteiger partial charge in [-0.05, 0) is 43.5 Å². The maximum Gasteiger partial charge on any atom is 0.123 e. The minimum Gasteiger partial charge on any atom is -0.496 e. The summed E-state index contributed by atoms with van der Waals surface area (Å²) < 4.78 is 18.0. The number of methoxy groups -OCH3 is 1. The summed E-state index contributed by atoms with van der Waals surface area (Å²) in [6, 6.07) is 4.67. The average Bonchev–Trinajstić information content (AvgIpc) is 2.15. The van der Waals surface area contributed by atoms with Crippen molar-refractivity contribution in [3.63, 3.8) is 0 Å². The highest BCUT2D eigenvalue weighted by molar-refractivity contribution is 5.34. The van der Waals surface area contributed by atoms with Gasteiger partial charge in [-0.15, -0.1) is 0 Å². The average molecular weight is 197 g/mol. The molecule has 1 aromatic rings. The molecule has 0 amide bonds. The van der Waals surface area contributed by atoms with Crippen LogP contribution >= 0.6 is 0 Å². The van der Waals surface area contributed by atoms with Crippen molar-refractivity contribution in [1.82, 2.24) is 0 Å². The van der Waals surface area contributed by atoms with Crippen LogP contribution in [0.15, 0.2) is 18.2 Å². The van der Waals surface area contributed by atoms with Crippen LogP contribution in [0.3, 0.4) is 0 Å². The summed E-state index contributed by atoms with van der Waals surface area (Å²) in [6.07, 6.45) is 1.58. The van der Waals surface area contributed by atoms with Crippen molar-refractivity contribution in [2.75, 3.05) is 7.11 Å². The highest BCUT2D eigenvalue weighted by Crippen LogP contribution is 2.20. The number of hydrogen-bond donors (Lipinski definition) is 1. The smallest absolute Gasteiger partial charge is 0.123 e. The molecule has 0 aromatic heterocycles. The minimum atomic E-state index is -0.231. The lowest BCUT2D eigenvalue weighted by Crippen LogP contribution is -2.15. The monoisotopic (exact) mass is 197 g/mol. The van der Waals surface area contributed by atoms with E-state index in [9.17, 15) is 4.39 Å². The molecule has 0 bridgehead atoms. The Bertz CT molecular complexity index is 299. The molecule has 0 spiro atoms. The van der Waals surface area contributed by atoms with E-state index in [-0.39, 0.29) is 11.9 Å². The summed E-state index contributed by atoms with van der Waals surface area (Å²) >= 11 is 0. The molecular formula is C11H16FNO. The van der Waals surface area contributed by atoms with Gasteiger partial charge in [0.25, 0.3) is 0 Å². The molecule has 2 nitrogen and oxygen atoms in total. The second-order valence-electron chi connectivity index (χ2n) is 3.47. The van der Waals surface area contributed by atoms with Crippen LogP contribution in [0.2, 0.25) is 0 Å². The van der Waals surface area contributed by atoms with Gasteiger partial charge in [-0.2, -0.15) is 0 Å². The van der Waals surface area contributed by atoms with Crippen molar-refractivity contribution in [2.45, 2.75) is 25.8 Å². The molecule has 14 heavy (non-hydrogen) atoms. The van der Waals surface area contributed by atoms with Gasteiger partial charge in [0.15, 0.2) is 0 Å². The van der Waals surface area contributed by atoms with Gasteiger partial charge in [-0.1, -0.05) is 0 Å². The molecule has 0 aliphatic rings. The molecule has 0 saturated heterocycles. The van der Waals surface area contributed by atoms with Crippen LogP contribution in [0.4, 0.5) is 4.39 Å². The van der Waals surface area contributed by atoms with Crippen molar-refractivity contribution in [3.8, 4) is 5.75 Å². The molecular weight excluding hydrogens is 181 g/mol. The van der Waals surface area contributed by atoms with E-state index in [1.165, 1.54) is 12.1 Å². The first-order valence-corrected chi connectivity index (χ1v) is 4.71. The van der Waals surface area contributed by atoms with E-state index in [4.69, 9.17) is 10.5 Å². The summed E-state index contributed by atoms with van der Waals surface area (Å²) in [5.41, 5.74) is 6.51. The van der Waals surface area contributed by atoms with E-state index < -0.39 is 0 Å². The fraction of sp³-hybridized carbons (Fsp3) is 0.455. The van der Waals surface area contributed by atoms with Crippen LogP contribution in [-0.2, 0) is 6.42 Å². The summed E-state index contributed by atoms with van der Waals surface area (Å²) in [5.74, 6) is 0.498. The topological polar surface area (TPSA) is 35.2 Å². The van der Waals surface area contributed by atoms with Crippen molar-refractivity contribution in [1.29, 1.82) is 0 Å². The zero-order chi connectivity index (χ0) is 10.6. The Labute approximate surface area is 83.9 Å². The number of nitrogens with two attached hydrogens (primary N) is 1. The highest BCUT2D eigenvalue weighted by atomic mass is 19.1.